The average Bonchev–Trinajstić information content (AvgIpc) is 2.95. The molecule has 1 amide bonds. The molecule has 1 aliphatic rings. The Morgan fingerprint density at radius 1 is 1.55 bits per heavy atom. The number of nitrogens with zero attached hydrogens (tertiary/aromatic N) is 2. The molecular formula is C13H16ClN3OS2. The van der Waals surface area contributed by atoms with Gasteiger partial charge in [0.15, 0.2) is 5.15 Å². The number of pyridine rings is 1. The van der Waals surface area contributed by atoms with E-state index in [4.69, 9.17) is 23.8 Å². The SMILES string of the molecule is C[C@@H](SC(=S)N1CCCC1)C(=O)Nc1cccnc1Cl. The van der Waals surface area contributed by atoms with Crippen LogP contribution in [0.5, 0.6) is 0 Å². The Balaban J connectivity index is 1.88. The number of thioether (sulfide) groups is 1. The summed E-state index contributed by atoms with van der Waals surface area (Å²) in [5, 5.41) is 2.80. The molecule has 0 spiro atoms. The van der Waals surface area contributed by atoms with Crippen molar-refractivity contribution in [2.24, 2.45) is 0 Å². The second-order valence-corrected chi connectivity index (χ2v) is 6.88. The van der Waals surface area contributed by atoms with Crippen LogP contribution >= 0.6 is 35.6 Å². The molecule has 1 fully saturated rings. The Kier molecular flexibility index (Phi) is 5.63. The zero-order valence-corrected chi connectivity index (χ0v) is 13.5. The van der Waals surface area contributed by atoms with Crippen LogP contribution in [-0.4, -0.2) is 38.5 Å². The molecule has 1 aliphatic heterocycles. The summed E-state index contributed by atoms with van der Waals surface area (Å²) in [6.45, 7) is 3.83. The lowest BCUT2D eigenvalue weighted by atomic mass is 10.4. The number of amides is 1. The fraction of sp³-hybridized carbons (Fsp3) is 0.462. The maximum Gasteiger partial charge on any atom is 0.237 e. The Hall–Kier alpha value is -0.850. The second-order valence-electron chi connectivity index (χ2n) is 4.55. The molecule has 1 saturated heterocycles. The second kappa shape index (κ2) is 7.24. The molecular weight excluding hydrogens is 314 g/mol. The first-order chi connectivity index (χ1) is 9.58. The van der Waals surface area contributed by atoms with Crippen LogP contribution in [0.4, 0.5) is 5.69 Å². The molecule has 0 aliphatic carbocycles. The van der Waals surface area contributed by atoms with Gasteiger partial charge >= 0.3 is 0 Å². The maximum absolute atomic E-state index is 12.1. The van der Waals surface area contributed by atoms with Crippen molar-refractivity contribution in [3.05, 3.63) is 23.5 Å². The molecule has 0 unspecified atom stereocenters. The number of likely N-dealkylation sites (tertiary alicyclic amines) is 1. The minimum atomic E-state index is -0.264. The molecule has 0 aromatic carbocycles. The summed E-state index contributed by atoms with van der Waals surface area (Å²) in [7, 11) is 0. The van der Waals surface area contributed by atoms with Gasteiger partial charge in [0.1, 0.15) is 4.32 Å². The third kappa shape index (κ3) is 4.07. The number of aromatic nitrogens is 1. The van der Waals surface area contributed by atoms with E-state index < -0.39 is 0 Å². The van der Waals surface area contributed by atoms with Crippen LogP contribution in [0.1, 0.15) is 19.8 Å². The van der Waals surface area contributed by atoms with Crippen molar-refractivity contribution in [2.45, 2.75) is 25.0 Å². The smallest absolute Gasteiger partial charge is 0.237 e. The Morgan fingerprint density at radius 2 is 2.25 bits per heavy atom. The van der Waals surface area contributed by atoms with Gasteiger partial charge < -0.3 is 10.2 Å². The lowest BCUT2D eigenvalue weighted by Gasteiger charge is -2.20. The van der Waals surface area contributed by atoms with Crippen LogP contribution in [0.2, 0.25) is 5.15 Å². The Morgan fingerprint density at radius 3 is 2.90 bits per heavy atom. The Bertz CT molecular complexity index is 506. The summed E-state index contributed by atoms with van der Waals surface area (Å²) >= 11 is 12.7. The van der Waals surface area contributed by atoms with Gasteiger partial charge in [0.05, 0.1) is 10.9 Å². The number of carbonyl (C=O) groups is 1. The quantitative estimate of drug-likeness (QED) is 0.681. The summed E-state index contributed by atoms with van der Waals surface area (Å²) in [5.74, 6) is -0.119. The van der Waals surface area contributed by atoms with E-state index >= 15 is 0 Å². The monoisotopic (exact) mass is 329 g/mol. The van der Waals surface area contributed by atoms with E-state index in [-0.39, 0.29) is 11.2 Å². The number of halogens is 1. The molecule has 4 nitrogen and oxygen atoms in total. The molecule has 1 N–H and O–H groups in total. The number of hydrogen-bond acceptors (Lipinski definition) is 4. The lowest BCUT2D eigenvalue weighted by Crippen LogP contribution is -2.29. The predicted octanol–water partition coefficient (Wildman–Crippen LogP) is 3.18. The summed E-state index contributed by atoms with van der Waals surface area (Å²) < 4.78 is 0.794. The summed E-state index contributed by atoms with van der Waals surface area (Å²) in [6.07, 6.45) is 3.93. The van der Waals surface area contributed by atoms with Gasteiger partial charge in [-0.25, -0.2) is 4.98 Å². The van der Waals surface area contributed by atoms with Crippen LogP contribution in [0.15, 0.2) is 18.3 Å². The van der Waals surface area contributed by atoms with E-state index in [0.29, 0.717) is 10.8 Å². The molecule has 7 heteroatoms. The van der Waals surface area contributed by atoms with E-state index in [1.165, 1.54) is 24.6 Å². The highest BCUT2D eigenvalue weighted by atomic mass is 35.5. The van der Waals surface area contributed by atoms with Crippen molar-refractivity contribution in [3.8, 4) is 0 Å². The van der Waals surface area contributed by atoms with Gasteiger partial charge in [-0.1, -0.05) is 35.6 Å². The van der Waals surface area contributed by atoms with Crippen molar-refractivity contribution >= 4 is 51.5 Å². The van der Waals surface area contributed by atoms with Gasteiger partial charge in [0.2, 0.25) is 5.91 Å². The van der Waals surface area contributed by atoms with Crippen LogP contribution in [0.25, 0.3) is 0 Å². The molecule has 0 saturated carbocycles. The van der Waals surface area contributed by atoms with Gasteiger partial charge in [-0.05, 0) is 31.9 Å². The van der Waals surface area contributed by atoms with E-state index in [0.717, 1.165) is 17.4 Å². The van der Waals surface area contributed by atoms with E-state index in [1.54, 1.807) is 18.3 Å². The van der Waals surface area contributed by atoms with Crippen LogP contribution in [0, 0.1) is 0 Å². The fourth-order valence-electron chi connectivity index (χ4n) is 1.89. The minimum absolute atomic E-state index is 0.119. The van der Waals surface area contributed by atoms with Crippen molar-refractivity contribution in [1.29, 1.82) is 0 Å². The number of anilines is 1. The standard InChI is InChI=1S/C13H16ClN3OS2/c1-9(20-13(19)17-7-2-3-8-17)12(18)16-10-5-4-6-15-11(10)14/h4-6,9H,2-3,7-8H2,1H3,(H,16,18)/t9-/m1/s1. The highest BCUT2D eigenvalue weighted by Gasteiger charge is 2.21. The largest absolute Gasteiger partial charge is 0.358 e. The van der Waals surface area contributed by atoms with Crippen molar-refractivity contribution < 1.29 is 4.79 Å². The minimum Gasteiger partial charge on any atom is -0.358 e. The normalized spacial score (nSPS) is 16.0. The molecule has 1 aromatic heterocycles. The first-order valence-electron chi connectivity index (χ1n) is 6.45. The number of hydrogen-bond donors (Lipinski definition) is 1. The van der Waals surface area contributed by atoms with Crippen molar-refractivity contribution in [3.63, 3.8) is 0 Å². The van der Waals surface area contributed by atoms with E-state index in [9.17, 15) is 4.79 Å². The van der Waals surface area contributed by atoms with Gasteiger partial charge in [0.25, 0.3) is 0 Å². The Labute approximate surface area is 133 Å². The first kappa shape index (κ1) is 15.5. The molecule has 108 valence electrons. The fourth-order valence-corrected chi connectivity index (χ4v) is 3.47. The first-order valence-corrected chi connectivity index (χ1v) is 8.11. The van der Waals surface area contributed by atoms with Gasteiger partial charge in [-0.3, -0.25) is 4.79 Å². The molecule has 2 rings (SSSR count). The predicted molar refractivity (Wildman–Crippen MR) is 88.3 cm³/mol. The number of thiocarbonyl (C=S) groups is 1. The number of carbonyl (C=O) groups excluding carboxylic acids is 1. The van der Waals surface area contributed by atoms with Crippen molar-refractivity contribution in [2.75, 3.05) is 18.4 Å². The molecule has 20 heavy (non-hydrogen) atoms. The van der Waals surface area contributed by atoms with Crippen LogP contribution in [0.3, 0.4) is 0 Å². The highest BCUT2D eigenvalue weighted by molar-refractivity contribution is 8.23. The van der Waals surface area contributed by atoms with Gasteiger partial charge in [-0.15, -0.1) is 0 Å². The van der Waals surface area contributed by atoms with Gasteiger partial charge in [0, 0.05) is 19.3 Å². The topological polar surface area (TPSA) is 45.2 Å². The van der Waals surface area contributed by atoms with E-state index in [2.05, 4.69) is 15.2 Å². The highest BCUT2D eigenvalue weighted by Crippen LogP contribution is 2.23. The molecule has 1 atom stereocenters. The third-order valence-electron chi connectivity index (χ3n) is 3.03. The van der Waals surface area contributed by atoms with E-state index in [1.807, 2.05) is 6.92 Å². The summed E-state index contributed by atoms with van der Waals surface area (Å²) in [5.41, 5.74) is 0.527. The third-order valence-corrected chi connectivity index (χ3v) is 4.90. The maximum atomic E-state index is 12.1. The number of nitrogens with one attached hydrogen (secondary N) is 1. The van der Waals surface area contributed by atoms with Crippen LogP contribution in [-0.2, 0) is 4.79 Å². The molecule has 2 heterocycles. The lowest BCUT2D eigenvalue weighted by molar-refractivity contribution is -0.115. The van der Waals surface area contributed by atoms with Crippen LogP contribution < -0.4 is 5.32 Å². The zero-order valence-electron chi connectivity index (χ0n) is 11.1. The zero-order chi connectivity index (χ0) is 14.5. The summed E-state index contributed by atoms with van der Waals surface area (Å²) in [4.78, 5) is 18.2. The molecule has 0 bridgehead atoms. The summed E-state index contributed by atoms with van der Waals surface area (Å²) in [6, 6.07) is 3.46. The van der Waals surface area contributed by atoms with Gasteiger partial charge in [-0.2, -0.15) is 0 Å². The molecule has 0 radical (unpaired) electrons. The number of rotatable bonds is 3. The van der Waals surface area contributed by atoms with Crippen molar-refractivity contribution in [1.82, 2.24) is 9.88 Å². The molecule has 1 aromatic rings. The average molecular weight is 330 g/mol.